The first kappa shape index (κ1) is 17.7. The first-order valence-corrected chi connectivity index (χ1v) is 10.8. The van der Waals surface area contributed by atoms with Gasteiger partial charge in [0, 0.05) is 48.8 Å². The summed E-state index contributed by atoms with van der Waals surface area (Å²) in [5, 5.41) is 1.19. The highest BCUT2D eigenvalue weighted by atomic mass is 16.5. The van der Waals surface area contributed by atoms with E-state index in [0.29, 0.717) is 12.1 Å². The van der Waals surface area contributed by atoms with Crippen molar-refractivity contribution in [1.29, 1.82) is 0 Å². The number of fused-ring (bicyclic) bond motifs is 6. The number of methoxy groups -OCH3 is 1. The second kappa shape index (κ2) is 6.72. The molecule has 3 aromatic rings. The topological polar surface area (TPSA) is 74.3 Å². The quantitative estimate of drug-likeness (QED) is 0.711. The summed E-state index contributed by atoms with van der Waals surface area (Å²) in [5.74, 6) is 1.68. The highest BCUT2D eigenvalue weighted by Crippen LogP contribution is 2.40. The van der Waals surface area contributed by atoms with Gasteiger partial charge >= 0.3 is 0 Å². The van der Waals surface area contributed by atoms with Gasteiger partial charge in [-0.15, -0.1) is 0 Å². The van der Waals surface area contributed by atoms with Crippen LogP contribution >= 0.6 is 0 Å². The summed E-state index contributed by atoms with van der Waals surface area (Å²) in [5.41, 5.74) is 5.07. The lowest BCUT2D eigenvalue weighted by Crippen LogP contribution is -2.45. The van der Waals surface area contributed by atoms with Gasteiger partial charge in [0.15, 0.2) is 0 Å². The van der Waals surface area contributed by atoms with Crippen molar-refractivity contribution in [3.05, 3.63) is 46.9 Å². The minimum atomic E-state index is -0.00347. The largest absolute Gasteiger partial charge is 0.497 e. The van der Waals surface area contributed by atoms with Gasteiger partial charge in [-0.05, 0) is 49.4 Å². The van der Waals surface area contributed by atoms with Crippen molar-refractivity contribution < 1.29 is 9.53 Å². The molecule has 1 saturated heterocycles. The number of ether oxygens (including phenoxy) is 1. The van der Waals surface area contributed by atoms with Crippen LogP contribution in [0.3, 0.4) is 0 Å². The lowest BCUT2D eigenvalue weighted by atomic mass is 9.89. The van der Waals surface area contributed by atoms with Crippen LogP contribution in [0.25, 0.3) is 10.9 Å². The number of hydrogen-bond donors (Lipinski definition) is 1. The van der Waals surface area contributed by atoms with Gasteiger partial charge in [0.2, 0.25) is 5.95 Å². The van der Waals surface area contributed by atoms with Crippen molar-refractivity contribution in [2.24, 2.45) is 0 Å². The average molecular weight is 403 g/mol. The third-order valence-electron chi connectivity index (χ3n) is 6.83. The molecule has 1 atom stereocenters. The summed E-state index contributed by atoms with van der Waals surface area (Å²) < 4.78 is 5.42. The molecule has 1 N–H and O–H groups in total. The van der Waals surface area contributed by atoms with Crippen LogP contribution in [0.1, 0.15) is 52.6 Å². The van der Waals surface area contributed by atoms with E-state index in [1.54, 1.807) is 13.3 Å². The number of carbonyl (C=O) groups excluding carboxylic acids is 1. The van der Waals surface area contributed by atoms with Gasteiger partial charge in [0.1, 0.15) is 5.75 Å². The Morgan fingerprint density at radius 3 is 2.87 bits per heavy atom. The third kappa shape index (κ3) is 2.61. The van der Waals surface area contributed by atoms with E-state index in [1.165, 1.54) is 30.2 Å². The van der Waals surface area contributed by atoms with Crippen LogP contribution in [0.4, 0.5) is 5.95 Å². The Kier molecular flexibility index (Phi) is 3.97. The molecule has 0 aliphatic carbocycles. The van der Waals surface area contributed by atoms with Gasteiger partial charge in [-0.3, -0.25) is 4.79 Å². The van der Waals surface area contributed by atoms with Crippen molar-refractivity contribution in [2.45, 2.75) is 38.1 Å². The number of carbonyl (C=O) groups is 1. The molecule has 30 heavy (non-hydrogen) atoms. The third-order valence-corrected chi connectivity index (χ3v) is 6.83. The number of benzene rings is 1. The van der Waals surface area contributed by atoms with Crippen LogP contribution in [0.5, 0.6) is 5.75 Å². The molecule has 0 spiro atoms. The number of nitrogens with one attached hydrogen (secondary N) is 1. The number of nitrogens with zero attached hydrogens (tertiary/aromatic N) is 4. The van der Waals surface area contributed by atoms with Gasteiger partial charge in [-0.1, -0.05) is 0 Å². The molecule has 1 fully saturated rings. The molecule has 154 valence electrons. The molecule has 6 rings (SSSR count). The van der Waals surface area contributed by atoms with Crippen LogP contribution in [-0.4, -0.2) is 52.5 Å². The number of anilines is 1. The van der Waals surface area contributed by atoms with Gasteiger partial charge in [-0.25, -0.2) is 9.97 Å². The highest BCUT2D eigenvalue weighted by Gasteiger charge is 2.39. The van der Waals surface area contributed by atoms with Crippen molar-refractivity contribution in [3.63, 3.8) is 0 Å². The van der Waals surface area contributed by atoms with E-state index in [4.69, 9.17) is 9.72 Å². The molecule has 1 amide bonds. The Labute approximate surface area is 175 Å². The molecule has 0 unspecified atom stereocenters. The first-order chi connectivity index (χ1) is 14.7. The lowest BCUT2D eigenvalue weighted by Gasteiger charge is -2.39. The molecular weight excluding hydrogens is 378 g/mol. The molecule has 0 saturated carbocycles. The maximum absolute atomic E-state index is 13.3. The Balaban J connectivity index is 1.40. The Morgan fingerprint density at radius 2 is 2.03 bits per heavy atom. The highest BCUT2D eigenvalue weighted by molar-refractivity contribution is 5.97. The number of amides is 1. The maximum atomic E-state index is 13.3. The van der Waals surface area contributed by atoms with Crippen LogP contribution in [-0.2, 0) is 12.8 Å². The summed E-state index contributed by atoms with van der Waals surface area (Å²) in [6.07, 6.45) is 6.94. The summed E-state index contributed by atoms with van der Waals surface area (Å²) in [7, 11) is 1.69. The maximum Gasteiger partial charge on any atom is 0.257 e. The standard InChI is InChI=1S/C23H25N5O2/c1-30-14-5-6-18-16(11-14)15-7-10-28-20(21(15)25-18)12-19-17(22(28)29)13-24-23(26-19)27-8-3-2-4-9-27/h5-6,11,13,20,25H,2-4,7-10,12H2,1H3/t20-/m1/s1. The Hall–Kier alpha value is -3.09. The molecule has 7 heteroatoms. The number of aromatic amines is 1. The number of aromatic nitrogens is 3. The van der Waals surface area contributed by atoms with E-state index < -0.39 is 0 Å². The van der Waals surface area contributed by atoms with Crippen LogP contribution in [0.2, 0.25) is 0 Å². The van der Waals surface area contributed by atoms with Crippen molar-refractivity contribution >= 4 is 22.8 Å². The van der Waals surface area contributed by atoms with E-state index in [2.05, 4.69) is 27.0 Å². The molecule has 1 aromatic carbocycles. The number of piperidine rings is 1. The Morgan fingerprint density at radius 1 is 1.17 bits per heavy atom. The van der Waals surface area contributed by atoms with E-state index in [0.717, 1.165) is 54.5 Å². The van der Waals surface area contributed by atoms with E-state index in [9.17, 15) is 4.79 Å². The molecule has 3 aliphatic heterocycles. The number of H-pyrrole nitrogens is 1. The van der Waals surface area contributed by atoms with Crippen LogP contribution < -0.4 is 9.64 Å². The first-order valence-electron chi connectivity index (χ1n) is 10.8. The van der Waals surface area contributed by atoms with Gasteiger partial charge in [0.25, 0.3) is 5.91 Å². The predicted octanol–water partition coefficient (Wildman–Crippen LogP) is 3.25. The summed E-state index contributed by atoms with van der Waals surface area (Å²) in [6, 6.07) is 6.12. The van der Waals surface area contributed by atoms with Crippen LogP contribution in [0, 0.1) is 0 Å². The number of hydrogen-bond acceptors (Lipinski definition) is 5. The molecule has 2 aromatic heterocycles. The lowest BCUT2D eigenvalue weighted by molar-refractivity contribution is 0.0624. The second-order valence-electron chi connectivity index (χ2n) is 8.48. The normalized spacial score (nSPS) is 20.7. The van der Waals surface area contributed by atoms with Crippen molar-refractivity contribution in [3.8, 4) is 5.75 Å². The summed E-state index contributed by atoms with van der Waals surface area (Å²) in [4.78, 5) is 30.5. The fourth-order valence-electron chi connectivity index (χ4n) is 5.25. The molecule has 5 heterocycles. The fourth-order valence-corrected chi connectivity index (χ4v) is 5.25. The van der Waals surface area contributed by atoms with Crippen molar-refractivity contribution in [2.75, 3.05) is 31.6 Å². The molecule has 0 bridgehead atoms. The molecule has 3 aliphatic rings. The summed E-state index contributed by atoms with van der Waals surface area (Å²) in [6.45, 7) is 2.71. The Bertz CT molecular complexity index is 1150. The van der Waals surface area contributed by atoms with Gasteiger partial charge < -0.3 is 19.5 Å². The second-order valence-corrected chi connectivity index (χ2v) is 8.48. The fraction of sp³-hybridized carbons (Fsp3) is 0.435. The van der Waals surface area contributed by atoms with Gasteiger partial charge in [0.05, 0.1) is 24.4 Å². The zero-order chi connectivity index (χ0) is 20.2. The predicted molar refractivity (Wildman–Crippen MR) is 114 cm³/mol. The SMILES string of the molecule is COc1ccc2[nH]c3c(c2c1)CCN1C(=O)c2cnc(N4CCCCC4)nc2C[C@H]31. The molecular formula is C23H25N5O2. The monoisotopic (exact) mass is 403 g/mol. The van der Waals surface area contributed by atoms with E-state index in [1.807, 2.05) is 11.0 Å². The van der Waals surface area contributed by atoms with Crippen LogP contribution in [0.15, 0.2) is 24.4 Å². The smallest absolute Gasteiger partial charge is 0.257 e. The van der Waals surface area contributed by atoms with E-state index in [-0.39, 0.29) is 11.9 Å². The molecule has 7 nitrogen and oxygen atoms in total. The molecule has 0 radical (unpaired) electrons. The minimum absolute atomic E-state index is 0.00347. The summed E-state index contributed by atoms with van der Waals surface area (Å²) >= 11 is 0. The number of rotatable bonds is 2. The zero-order valence-corrected chi connectivity index (χ0v) is 17.1. The van der Waals surface area contributed by atoms with Gasteiger partial charge in [-0.2, -0.15) is 0 Å². The van der Waals surface area contributed by atoms with E-state index >= 15 is 0 Å². The average Bonchev–Trinajstić information content (AvgIpc) is 3.18. The zero-order valence-electron chi connectivity index (χ0n) is 17.1. The minimum Gasteiger partial charge on any atom is -0.497 e. The van der Waals surface area contributed by atoms with Crippen molar-refractivity contribution in [1.82, 2.24) is 19.9 Å².